The predicted octanol–water partition coefficient (Wildman–Crippen LogP) is 0.000720. The lowest BCUT2D eigenvalue weighted by molar-refractivity contribution is 0.281. The number of aliphatic hydroxyl groups is 1. The Bertz CT molecular complexity index is 451. The Hall–Kier alpha value is -1.69. The highest BCUT2D eigenvalue weighted by molar-refractivity contribution is 5.85. The van der Waals surface area contributed by atoms with Gasteiger partial charge in [-0.05, 0) is 17.2 Å². The van der Waals surface area contributed by atoms with Gasteiger partial charge < -0.3 is 10.8 Å². The lowest BCUT2D eigenvalue weighted by atomic mass is 10.1. The van der Waals surface area contributed by atoms with Gasteiger partial charge in [-0.25, -0.2) is 9.61 Å². The molecule has 0 aliphatic rings. The van der Waals surface area contributed by atoms with Crippen LogP contribution in [0.15, 0.2) is 4.63 Å². The monoisotopic (exact) mass is 180 g/mol. The average molecular weight is 180 g/mol. The van der Waals surface area contributed by atoms with Crippen LogP contribution in [0.5, 0.6) is 0 Å². The Morgan fingerprint density at radius 2 is 2.23 bits per heavy atom. The van der Waals surface area contributed by atoms with Crippen LogP contribution in [0.25, 0.3) is 11.2 Å². The molecule has 2 heterocycles. The van der Waals surface area contributed by atoms with Gasteiger partial charge in [0.05, 0.1) is 12.3 Å². The van der Waals surface area contributed by atoms with Crippen molar-refractivity contribution < 1.29 is 9.74 Å². The maximum Gasteiger partial charge on any atom is 0.226 e. The minimum absolute atomic E-state index is 0.159. The fraction of sp³-hybridized carbons (Fsp3) is 0.286. The fourth-order valence-corrected chi connectivity index (χ4v) is 1.19. The topological polar surface area (TPSA) is 98.1 Å². The summed E-state index contributed by atoms with van der Waals surface area (Å²) in [6, 6.07) is 0. The first kappa shape index (κ1) is 7.93. The zero-order valence-corrected chi connectivity index (χ0v) is 6.98. The van der Waals surface area contributed by atoms with E-state index in [1.165, 1.54) is 0 Å². The van der Waals surface area contributed by atoms with Gasteiger partial charge in [-0.1, -0.05) is 0 Å². The van der Waals surface area contributed by atoms with E-state index < -0.39 is 0 Å². The highest BCUT2D eigenvalue weighted by Crippen LogP contribution is 2.22. The number of pyridine rings is 1. The molecule has 68 valence electrons. The zero-order valence-electron chi connectivity index (χ0n) is 6.98. The number of fused-ring (bicyclic) bond motifs is 1. The third kappa shape index (κ3) is 1.03. The summed E-state index contributed by atoms with van der Waals surface area (Å²) in [4.78, 5) is 4.06. The molecule has 2 rings (SSSR count). The number of anilines is 1. The summed E-state index contributed by atoms with van der Waals surface area (Å²) in [5, 5.41) is 16.1. The van der Waals surface area contributed by atoms with Crippen molar-refractivity contribution in [3.8, 4) is 0 Å². The van der Waals surface area contributed by atoms with E-state index in [0.29, 0.717) is 28.1 Å². The number of aryl methyl sites for hydroxylation is 1. The Labute approximate surface area is 73.3 Å². The number of nitrogens with zero attached hydrogens (tertiary/aromatic N) is 3. The Balaban J connectivity index is 2.85. The van der Waals surface area contributed by atoms with Gasteiger partial charge >= 0.3 is 0 Å². The lowest BCUT2D eigenvalue weighted by Gasteiger charge is -2.03. The molecule has 0 saturated carbocycles. The van der Waals surface area contributed by atoms with Crippen LogP contribution >= 0.6 is 0 Å². The molecule has 0 saturated heterocycles. The molecular formula is C7H8N4O2. The first-order chi connectivity index (χ1) is 6.24. The lowest BCUT2D eigenvalue weighted by Crippen LogP contribution is -2.01. The molecule has 6 nitrogen and oxygen atoms in total. The molecule has 0 atom stereocenters. The summed E-state index contributed by atoms with van der Waals surface area (Å²) >= 11 is 0. The van der Waals surface area contributed by atoms with E-state index in [-0.39, 0.29) is 6.61 Å². The van der Waals surface area contributed by atoms with Crippen molar-refractivity contribution >= 4 is 16.9 Å². The van der Waals surface area contributed by atoms with Crippen LogP contribution in [0.3, 0.4) is 0 Å². The summed E-state index contributed by atoms with van der Waals surface area (Å²) in [7, 11) is 0. The van der Waals surface area contributed by atoms with Crippen LogP contribution in [-0.2, 0) is 6.61 Å². The van der Waals surface area contributed by atoms with Crippen molar-refractivity contribution in [2.45, 2.75) is 13.5 Å². The van der Waals surface area contributed by atoms with E-state index in [9.17, 15) is 0 Å². The minimum atomic E-state index is -0.159. The van der Waals surface area contributed by atoms with Crippen molar-refractivity contribution in [2.75, 3.05) is 5.73 Å². The zero-order chi connectivity index (χ0) is 9.42. The molecule has 2 aromatic heterocycles. The largest absolute Gasteiger partial charge is 0.396 e. The van der Waals surface area contributed by atoms with E-state index >= 15 is 0 Å². The smallest absolute Gasteiger partial charge is 0.226 e. The molecule has 13 heavy (non-hydrogen) atoms. The Morgan fingerprint density at radius 3 is 2.92 bits per heavy atom. The SMILES string of the molecule is Cc1nc2nonc2c(N)c1CO. The predicted molar refractivity (Wildman–Crippen MR) is 44.7 cm³/mol. The van der Waals surface area contributed by atoms with Gasteiger partial charge in [-0.15, -0.1) is 0 Å². The number of nitrogen functional groups attached to an aromatic ring is 1. The molecule has 0 fully saturated rings. The maximum absolute atomic E-state index is 9.00. The summed E-state index contributed by atoms with van der Waals surface area (Å²) in [6.07, 6.45) is 0. The van der Waals surface area contributed by atoms with Crippen LogP contribution in [-0.4, -0.2) is 20.4 Å². The third-order valence-electron chi connectivity index (χ3n) is 1.92. The van der Waals surface area contributed by atoms with Gasteiger partial charge in [0.25, 0.3) is 0 Å². The van der Waals surface area contributed by atoms with E-state index in [1.807, 2.05) is 0 Å². The summed E-state index contributed by atoms with van der Waals surface area (Å²) in [5.41, 5.74) is 8.07. The molecule has 0 aromatic carbocycles. The Morgan fingerprint density at radius 1 is 1.46 bits per heavy atom. The van der Waals surface area contributed by atoms with Crippen LogP contribution in [0.1, 0.15) is 11.3 Å². The third-order valence-corrected chi connectivity index (χ3v) is 1.92. The molecule has 0 amide bonds. The van der Waals surface area contributed by atoms with Gasteiger partial charge in [0.1, 0.15) is 0 Å². The van der Waals surface area contributed by atoms with Crippen LogP contribution in [0, 0.1) is 6.92 Å². The normalized spacial score (nSPS) is 10.9. The highest BCUT2D eigenvalue weighted by atomic mass is 16.6. The number of nitrogens with two attached hydrogens (primary N) is 1. The minimum Gasteiger partial charge on any atom is -0.396 e. The number of hydrogen-bond acceptors (Lipinski definition) is 6. The molecule has 0 bridgehead atoms. The molecule has 0 radical (unpaired) electrons. The molecule has 0 aliphatic carbocycles. The van der Waals surface area contributed by atoms with E-state index in [1.54, 1.807) is 6.92 Å². The van der Waals surface area contributed by atoms with Crippen LogP contribution in [0.4, 0.5) is 5.69 Å². The molecule has 0 aliphatic heterocycles. The standard InChI is InChI=1S/C7H8N4O2/c1-3-4(2-12)5(8)6-7(9-3)11-13-10-6/h12H,2,8H2,1H3. The summed E-state index contributed by atoms with van der Waals surface area (Å²) < 4.78 is 4.48. The maximum atomic E-state index is 9.00. The Kier molecular flexibility index (Phi) is 1.63. The molecule has 3 N–H and O–H groups in total. The second kappa shape index (κ2) is 2.67. The summed E-state index contributed by atoms with van der Waals surface area (Å²) in [6.45, 7) is 1.59. The fourth-order valence-electron chi connectivity index (χ4n) is 1.19. The second-order valence-corrected chi connectivity index (χ2v) is 2.68. The number of aliphatic hydroxyl groups excluding tert-OH is 1. The molecule has 6 heteroatoms. The van der Waals surface area contributed by atoms with Gasteiger partial charge in [0.2, 0.25) is 5.65 Å². The van der Waals surface area contributed by atoms with E-state index in [0.717, 1.165) is 0 Å². The first-order valence-electron chi connectivity index (χ1n) is 3.72. The first-order valence-corrected chi connectivity index (χ1v) is 3.72. The van der Waals surface area contributed by atoms with Gasteiger partial charge in [0.15, 0.2) is 5.52 Å². The van der Waals surface area contributed by atoms with Crippen molar-refractivity contribution in [1.82, 2.24) is 15.3 Å². The quantitative estimate of drug-likeness (QED) is 0.641. The number of hydrogen-bond donors (Lipinski definition) is 2. The second-order valence-electron chi connectivity index (χ2n) is 2.68. The average Bonchev–Trinajstić information content (AvgIpc) is 2.53. The van der Waals surface area contributed by atoms with Crippen LogP contribution < -0.4 is 5.73 Å². The van der Waals surface area contributed by atoms with E-state index in [4.69, 9.17) is 10.8 Å². The van der Waals surface area contributed by atoms with Crippen LogP contribution in [0.2, 0.25) is 0 Å². The number of rotatable bonds is 1. The molecular weight excluding hydrogens is 172 g/mol. The van der Waals surface area contributed by atoms with E-state index in [2.05, 4.69) is 19.9 Å². The molecule has 2 aromatic rings. The van der Waals surface area contributed by atoms with Gasteiger partial charge in [-0.3, -0.25) is 0 Å². The van der Waals surface area contributed by atoms with Crippen molar-refractivity contribution in [3.63, 3.8) is 0 Å². The van der Waals surface area contributed by atoms with Gasteiger partial charge in [0, 0.05) is 11.3 Å². The van der Waals surface area contributed by atoms with Crippen molar-refractivity contribution in [2.24, 2.45) is 0 Å². The number of aromatic nitrogens is 3. The molecule has 0 unspecified atom stereocenters. The van der Waals surface area contributed by atoms with Crippen molar-refractivity contribution in [3.05, 3.63) is 11.3 Å². The summed E-state index contributed by atoms with van der Waals surface area (Å²) in [5.74, 6) is 0. The van der Waals surface area contributed by atoms with Gasteiger partial charge in [-0.2, -0.15) is 0 Å². The van der Waals surface area contributed by atoms with Crippen molar-refractivity contribution in [1.29, 1.82) is 0 Å². The highest BCUT2D eigenvalue weighted by Gasteiger charge is 2.12. The molecule has 0 spiro atoms.